The number of nitrogens with zero attached hydrogens (tertiary/aromatic N) is 11. The maximum atomic E-state index is 6.35. The van der Waals surface area contributed by atoms with Crippen molar-refractivity contribution in [3.05, 3.63) is 465 Å². The van der Waals surface area contributed by atoms with Crippen LogP contribution in [0.4, 0.5) is 0 Å². The molecule has 1 unspecified atom stereocenters. The molecule has 141 heavy (non-hydrogen) atoms. The monoisotopic (exact) mass is 1810 g/mol. The summed E-state index contributed by atoms with van der Waals surface area (Å²) in [5.74, 6) is 7.84. The molecular weight excluding hydrogens is 1730 g/mol. The summed E-state index contributed by atoms with van der Waals surface area (Å²) in [6, 6.07) is 127. The van der Waals surface area contributed by atoms with E-state index in [4.69, 9.17) is 69.0 Å². The third kappa shape index (κ3) is 15.7. The molecule has 0 saturated carbocycles. The van der Waals surface area contributed by atoms with Gasteiger partial charge in [0.05, 0.1) is 86.2 Å². The van der Waals surface area contributed by atoms with E-state index in [1.54, 1.807) is 0 Å². The van der Waals surface area contributed by atoms with Crippen LogP contribution in [0, 0.1) is 0 Å². The Morgan fingerprint density at radius 3 is 1.11 bits per heavy atom. The van der Waals surface area contributed by atoms with Gasteiger partial charge in [-0.25, -0.2) is 39.9 Å². The Kier molecular flexibility index (Phi) is 20.9. The van der Waals surface area contributed by atoms with Gasteiger partial charge in [-0.2, -0.15) is 0 Å². The highest BCUT2D eigenvalue weighted by molar-refractivity contribution is 6.13. The molecule has 0 radical (unpaired) electrons. The fourth-order valence-corrected chi connectivity index (χ4v) is 20.1. The number of para-hydroxylation sites is 3. The second-order valence-electron chi connectivity index (χ2n) is 35.7. The first-order chi connectivity index (χ1) is 69.8. The molecule has 0 amide bonds. The van der Waals surface area contributed by atoms with Crippen LogP contribution in [0.5, 0.6) is 34.5 Å². The number of hydrogen-bond acceptors (Lipinski definition) is 15. The second-order valence-corrected chi connectivity index (χ2v) is 35.7. The summed E-state index contributed by atoms with van der Waals surface area (Å²) >= 11 is 0. The van der Waals surface area contributed by atoms with E-state index >= 15 is 0 Å². The number of dihydropyridines is 1. The summed E-state index contributed by atoms with van der Waals surface area (Å²) in [6.07, 6.45) is 26.8. The molecule has 0 fully saturated rings. The molecule has 4 aliphatic heterocycles. The molecule has 664 valence electrons. The molecule has 9 heterocycles. The van der Waals surface area contributed by atoms with Crippen LogP contribution in [0.2, 0.25) is 0 Å². The minimum atomic E-state index is 0.00750. The Morgan fingerprint density at radius 1 is 0.248 bits per heavy atom. The van der Waals surface area contributed by atoms with Gasteiger partial charge in [0.25, 0.3) is 0 Å². The molecule has 1 atom stereocenters. The number of hydrogen-bond donors (Lipinski definition) is 1. The summed E-state index contributed by atoms with van der Waals surface area (Å²) in [5.41, 5.74) is 33.2. The minimum Gasteiger partial charge on any atom is -0.456 e. The molecule has 0 saturated heterocycles. The number of allylic oxidation sites excluding steroid dienone is 10. The molecule has 6 aliphatic rings. The zero-order valence-electron chi connectivity index (χ0n) is 76.1. The zero-order valence-corrected chi connectivity index (χ0v) is 76.1. The van der Waals surface area contributed by atoms with Gasteiger partial charge in [-0.1, -0.05) is 297 Å². The van der Waals surface area contributed by atoms with E-state index < -0.39 is 0 Å². The SMILES string of the molecule is C1=C(c2ccc3ncc(-c4ccc5c6c(cccc46)-c4ccccc4O5)nc3c2)C=C(c2ccc(-c3ccccc3)cc2)NC1c1ccccc1.C1=CCCC(c2cc(-c3ccccc3)nc(-c3ccc4ncc(-c5ccc6c7c(cccc57)-c5ccccc5O6)nc4c3)n2)=C1.C1=CCCC(c2nc(-c3ccccc3)nc(-c3ccc4ncc(-c5ccc6c7c(cccc57)-c5ccccc5O6)nc4c3)n2)=C1. The standard InChI is InChI=1S/C47H31N3O.C40H26N4O.C39H25N5O/c1-3-10-30(11-4-1)31-18-20-33(21-19-31)42-28-35(27-41(49-42)32-12-5-2-6-13-32)34-22-24-40-43(26-34)50-44(29-48-40)36-23-25-46-47-38(36)15-9-16-39(47)37-14-7-8-17-45(37)51-46;1-3-10-25(11-4-1)33-23-34(26-12-5-2-6-13-26)44-40(43-33)27-18-20-32-35(22-27)42-36(24-41-32)28-19-21-38-39-30(28)15-9-16-31(39)29-14-7-8-17-37(29)45-38;1-3-10-24(11-4-1)37-42-38(25-12-5-2-6-13-25)44-39(43-37)26-18-20-31-32(22-26)41-33(23-40-31)27-19-21-35-36-29(27)15-9-16-30(36)28-14-7-8-17-34(28)45-35/h1-29,41,49H;1-5,7-12,14-24H,6,13H2;1-5,7-12,14-23H,6,13H2. The van der Waals surface area contributed by atoms with E-state index in [-0.39, 0.29) is 6.04 Å². The predicted molar refractivity (Wildman–Crippen MR) is 568 cm³/mol. The molecule has 15 nitrogen and oxygen atoms in total. The van der Waals surface area contributed by atoms with Crippen LogP contribution in [-0.4, -0.2) is 54.8 Å². The largest absolute Gasteiger partial charge is 0.456 e. The van der Waals surface area contributed by atoms with E-state index in [1.165, 1.54) is 27.8 Å². The first-order valence-corrected chi connectivity index (χ1v) is 47.5. The van der Waals surface area contributed by atoms with Gasteiger partial charge in [0.15, 0.2) is 23.3 Å². The normalized spacial score (nSPS) is 13.8. The fourth-order valence-electron chi connectivity index (χ4n) is 20.1. The third-order valence-corrected chi connectivity index (χ3v) is 27.0. The average molecular weight is 1810 g/mol. The van der Waals surface area contributed by atoms with Gasteiger partial charge < -0.3 is 19.5 Å². The van der Waals surface area contributed by atoms with Crippen molar-refractivity contribution in [3.63, 3.8) is 0 Å². The zero-order chi connectivity index (χ0) is 93.2. The lowest BCUT2D eigenvalue weighted by Crippen LogP contribution is -2.21. The lowest BCUT2D eigenvalue weighted by Gasteiger charge is -2.26. The maximum absolute atomic E-state index is 6.35. The van der Waals surface area contributed by atoms with Crippen molar-refractivity contribution in [1.82, 2.24) is 60.1 Å². The molecule has 0 bridgehead atoms. The van der Waals surface area contributed by atoms with Gasteiger partial charge in [0.2, 0.25) is 0 Å². The highest BCUT2D eigenvalue weighted by Crippen LogP contribution is 2.53. The molecule has 28 rings (SSSR count). The van der Waals surface area contributed by atoms with Crippen LogP contribution < -0.4 is 19.5 Å². The second kappa shape index (κ2) is 35.5. The van der Waals surface area contributed by atoms with E-state index in [0.29, 0.717) is 23.3 Å². The fraction of sp³-hybridized carbons (Fsp3) is 0.0397. The van der Waals surface area contributed by atoms with Crippen molar-refractivity contribution in [2.24, 2.45) is 0 Å². The molecule has 15 heteroatoms. The number of rotatable bonds is 13. The summed E-state index contributed by atoms with van der Waals surface area (Å²) in [6.45, 7) is 0. The highest BCUT2D eigenvalue weighted by Gasteiger charge is 2.29. The molecule has 22 aromatic rings. The highest BCUT2D eigenvalue weighted by atomic mass is 16.5. The Balaban J connectivity index is 0.000000109. The Bertz CT molecular complexity index is 8720. The van der Waals surface area contributed by atoms with Gasteiger partial charge in [-0.05, 0) is 224 Å². The van der Waals surface area contributed by atoms with Gasteiger partial charge >= 0.3 is 0 Å². The van der Waals surface area contributed by atoms with Crippen LogP contribution in [0.15, 0.2) is 437 Å². The van der Waals surface area contributed by atoms with Gasteiger partial charge in [0.1, 0.15) is 34.5 Å². The van der Waals surface area contributed by atoms with Gasteiger partial charge in [-0.3, -0.25) is 15.0 Å². The number of aromatic nitrogens is 11. The summed E-state index contributed by atoms with van der Waals surface area (Å²) < 4.78 is 19.0. The Hall–Kier alpha value is -18.7. The van der Waals surface area contributed by atoms with Crippen molar-refractivity contribution in [1.29, 1.82) is 0 Å². The van der Waals surface area contributed by atoms with E-state index in [0.717, 1.165) is 249 Å². The predicted octanol–water partition coefficient (Wildman–Crippen LogP) is 31.2. The Morgan fingerprint density at radius 2 is 0.631 bits per heavy atom. The topological polar surface area (TPSA) is 182 Å². The van der Waals surface area contributed by atoms with Crippen molar-refractivity contribution in [3.8, 4) is 158 Å². The van der Waals surface area contributed by atoms with Gasteiger partial charge in [0, 0.05) is 77.5 Å². The first-order valence-electron chi connectivity index (χ1n) is 47.5. The van der Waals surface area contributed by atoms with Crippen molar-refractivity contribution < 1.29 is 14.2 Å². The van der Waals surface area contributed by atoms with Crippen molar-refractivity contribution in [2.75, 3.05) is 0 Å². The quantitative estimate of drug-likeness (QED) is 0.115. The van der Waals surface area contributed by atoms with E-state index in [9.17, 15) is 0 Å². The molecule has 0 spiro atoms. The molecule has 2 aliphatic carbocycles. The number of nitrogens with one attached hydrogen (secondary N) is 1. The van der Waals surface area contributed by atoms with E-state index in [2.05, 4.69) is 284 Å². The lowest BCUT2D eigenvalue weighted by atomic mass is 9.91. The van der Waals surface area contributed by atoms with Crippen LogP contribution >= 0.6 is 0 Å². The van der Waals surface area contributed by atoms with Crippen LogP contribution in [0.1, 0.15) is 59.9 Å². The van der Waals surface area contributed by atoms with Crippen LogP contribution in [0.3, 0.4) is 0 Å². The average Bonchev–Trinajstić information content (AvgIpc) is 0.742. The molecule has 1 N–H and O–H groups in total. The third-order valence-electron chi connectivity index (χ3n) is 27.0. The minimum absolute atomic E-state index is 0.00750. The number of benzene rings is 17. The van der Waals surface area contributed by atoms with Crippen LogP contribution in [-0.2, 0) is 0 Å². The number of fused-ring (bicyclic) bond motifs is 9. The van der Waals surface area contributed by atoms with E-state index in [1.807, 2.05) is 158 Å². The molecule has 17 aromatic carbocycles. The first kappa shape index (κ1) is 82.9. The smallest absolute Gasteiger partial charge is 0.164 e. The Labute approximate surface area is 812 Å². The molecular formula is C126H82N12O3. The van der Waals surface area contributed by atoms with Crippen molar-refractivity contribution >= 4 is 87.8 Å². The summed E-state index contributed by atoms with van der Waals surface area (Å²) in [4.78, 5) is 54.8. The summed E-state index contributed by atoms with van der Waals surface area (Å²) in [5, 5.41) is 10.3. The maximum Gasteiger partial charge on any atom is 0.164 e. The van der Waals surface area contributed by atoms with Gasteiger partial charge in [-0.15, -0.1) is 0 Å². The molecule has 5 aromatic heterocycles. The summed E-state index contributed by atoms with van der Waals surface area (Å²) in [7, 11) is 0. The lowest BCUT2D eigenvalue weighted by molar-refractivity contribution is 0.487. The number of ether oxygens (including phenoxy) is 3. The van der Waals surface area contributed by atoms with Crippen LogP contribution in [0.25, 0.3) is 212 Å². The van der Waals surface area contributed by atoms with Crippen molar-refractivity contribution in [2.45, 2.75) is 31.7 Å².